The van der Waals surface area contributed by atoms with Crippen molar-refractivity contribution in [1.82, 2.24) is 10.2 Å². The maximum atomic E-state index is 10.3. The molecule has 1 aliphatic rings. The minimum atomic E-state index is -0.496. The summed E-state index contributed by atoms with van der Waals surface area (Å²) in [4.78, 5) is 9.80. The number of rotatable bonds is 2. The average molecular weight is 155 g/mol. The summed E-state index contributed by atoms with van der Waals surface area (Å²) in [6.45, 7) is 0.556. The van der Waals surface area contributed by atoms with Crippen molar-refractivity contribution in [2.45, 2.75) is 6.10 Å². The zero-order valence-corrected chi connectivity index (χ0v) is 5.48. The summed E-state index contributed by atoms with van der Waals surface area (Å²) in [5.41, 5.74) is 0.537. The maximum absolute atomic E-state index is 10.3. The quantitative estimate of drug-likeness (QED) is 0.380. The first-order valence-corrected chi connectivity index (χ1v) is 3.08. The fourth-order valence-corrected chi connectivity index (χ4v) is 0.898. The van der Waals surface area contributed by atoms with E-state index in [1.54, 1.807) is 0 Å². The predicted molar refractivity (Wildman–Crippen MR) is 33.9 cm³/mol. The molecule has 1 aliphatic heterocycles. The fourth-order valence-electron chi connectivity index (χ4n) is 0.898. The van der Waals surface area contributed by atoms with Crippen LogP contribution in [-0.4, -0.2) is 21.7 Å². The van der Waals surface area contributed by atoms with Gasteiger partial charge in [-0.25, -0.2) is 0 Å². The number of ether oxygens (including phenoxy) is 1. The van der Waals surface area contributed by atoms with E-state index >= 15 is 0 Å². The van der Waals surface area contributed by atoms with Gasteiger partial charge in [-0.05, 0) is 4.92 Å². The molecule has 1 N–H and O–H groups in total. The van der Waals surface area contributed by atoms with Crippen LogP contribution >= 0.6 is 0 Å². The van der Waals surface area contributed by atoms with Gasteiger partial charge in [0.1, 0.15) is 11.7 Å². The summed E-state index contributed by atoms with van der Waals surface area (Å²) in [7, 11) is 0. The van der Waals surface area contributed by atoms with Gasteiger partial charge < -0.3 is 14.9 Å². The zero-order valence-electron chi connectivity index (χ0n) is 5.48. The van der Waals surface area contributed by atoms with Gasteiger partial charge in [-0.3, -0.25) is 0 Å². The number of hydrogen-bond acceptors (Lipinski definition) is 4. The summed E-state index contributed by atoms with van der Waals surface area (Å²) in [5.74, 6) is -0.0625. The SMILES string of the molecule is O=[N+]([O-])c1[nH]ncc1[C@@H]1CO1. The Kier molecular flexibility index (Phi) is 1.16. The van der Waals surface area contributed by atoms with Crippen LogP contribution in [0.2, 0.25) is 0 Å². The van der Waals surface area contributed by atoms with Crippen LogP contribution in [0.1, 0.15) is 11.7 Å². The van der Waals surface area contributed by atoms with Crippen molar-refractivity contribution in [2.75, 3.05) is 6.61 Å². The average Bonchev–Trinajstić information content (AvgIpc) is 2.68. The summed E-state index contributed by atoms with van der Waals surface area (Å²) in [6.07, 6.45) is 1.31. The number of epoxide rings is 1. The van der Waals surface area contributed by atoms with Crippen molar-refractivity contribution in [3.8, 4) is 0 Å². The van der Waals surface area contributed by atoms with E-state index in [-0.39, 0.29) is 11.9 Å². The van der Waals surface area contributed by atoms with E-state index in [0.29, 0.717) is 12.2 Å². The van der Waals surface area contributed by atoms with Gasteiger partial charge >= 0.3 is 5.82 Å². The number of aromatic nitrogens is 2. The van der Waals surface area contributed by atoms with Gasteiger partial charge in [-0.2, -0.15) is 0 Å². The molecule has 6 nitrogen and oxygen atoms in total. The van der Waals surface area contributed by atoms with Gasteiger partial charge in [-0.15, -0.1) is 5.10 Å². The highest BCUT2D eigenvalue weighted by Gasteiger charge is 2.33. The third-order valence-corrected chi connectivity index (χ3v) is 1.51. The van der Waals surface area contributed by atoms with E-state index in [4.69, 9.17) is 4.74 Å². The third-order valence-electron chi connectivity index (χ3n) is 1.51. The molecule has 0 aromatic carbocycles. The van der Waals surface area contributed by atoms with Crippen molar-refractivity contribution in [3.05, 3.63) is 21.9 Å². The monoisotopic (exact) mass is 155 g/mol. The Labute approximate surface area is 61.3 Å². The molecule has 6 heteroatoms. The Hall–Kier alpha value is -1.43. The molecule has 1 atom stereocenters. The number of nitro groups is 1. The Morgan fingerprint density at radius 3 is 3.18 bits per heavy atom. The molecule has 1 saturated heterocycles. The Balaban J connectivity index is 2.37. The van der Waals surface area contributed by atoms with Crippen LogP contribution in [0.25, 0.3) is 0 Å². The minimum Gasteiger partial charge on any atom is -0.368 e. The first-order chi connectivity index (χ1) is 5.29. The molecule has 0 amide bonds. The molecule has 58 valence electrons. The highest BCUT2D eigenvalue weighted by atomic mass is 16.6. The largest absolute Gasteiger partial charge is 0.368 e. The van der Waals surface area contributed by atoms with Crippen LogP contribution < -0.4 is 0 Å². The first kappa shape index (κ1) is 6.29. The third kappa shape index (κ3) is 0.966. The van der Waals surface area contributed by atoms with Crippen LogP contribution in [0.15, 0.2) is 6.20 Å². The van der Waals surface area contributed by atoms with Crippen molar-refractivity contribution in [3.63, 3.8) is 0 Å². The van der Waals surface area contributed by atoms with Gasteiger partial charge in [0.2, 0.25) is 0 Å². The van der Waals surface area contributed by atoms with Crippen LogP contribution in [0.5, 0.6) is 0 Å². The second-order valence-corrected chi connectivity index (χ2v) is 2.25. The molecule has 0 spiro atoms. The first-order valence-electron chi connectivity index (χ1n) is 3.08. The standard InChI is InChI=1S/C5H5N3O3/c9-8(10)5-3(1-6-7-5)4-2-11-4/h1,4H,2H2,(H,6,7)/t4-/m0/s1. The Morgan fingerprint density at radius 2 is 2.64 bits per heavy atom. The molecule has 0 saturated carbocycles. The van der Waals surface area contributed by atoms with E-state index in [1.807, 2.05) is 0 Å². The van der Waals surface area contributed by atoms with Gasteiger partial charge in [0.05, 0.1) is 12.8 Å². The normalized spacial score (nSPS) is 21.6. The second-order valence-electron chi connectivity index (χ2n) is 2.25. The number of nitrogens with one attached hydrogen (secondary N) is 1. The minimum absolute atomic E-state index is 0.0625. The molecular weight excluding hydrogens is 150 g/mol. The lowest BCUT2D eigenvalue weighted by Gasteiger charge is -1.90. The van der Waals surface area contributed by atoms with Crippen LogP contribution in [-0.2, 0) is 4.74 Å². The highest BCUT2D eigenvalue weighted by Crippen LogP contribution is 2.34. The number of hydrogen-bond donors (Lipinski definition) is 1. The van der Waals surface area contributed by atoms with Crippen molar-refractivity contribution >= 4 is 5.82 Å². The topological polar surface area (TPSA) is 84.3 Å². The lowest BCUT2D eigenvalue weighted by molar-refractivity contribution is -0.390. The highest BCUT2D eigenvalue weighted by molar-refractivity contribution is 5.33. The van der Waals surface area contributed by atoms with Gasteiger partial charge in [0.15, 0.2) is 0 Å². The van der Waals surface area contributed by atoms with Crippen molar-refractivity contribution in [1.29, 1.82) is 0 Å². The summed E-state index contributed by atoms with van der Waals surface area (Å²) in [5, 5.41) is 16.1. The van der Waals surface area contributed by atoms with Crippen molar-refractivity contribution in [2.24, 2.45) is 0 Å². The van der Waals surface area contributed by atoms with E-state index in [1.165, 1.54) is 6.20 Å². The molecular formula is C5H5N3O3. The van der Waals surface area contributed by atoms with Crippen molar-refractivity contribution < 1.29 is 9.66 Å². The summed E-state index contributed by atoms with van der Waals surface area (Å²) < 4.78 is 4.88. The van der Waals surface area contributed by atoms with Gasteiger partial charge in [0.25, 0.3) is 0 Å². The molecule has 0 aliphatic carbocycles. The zero-order chi connectivity index (χ0) is 7.84. The van der Waals surface area contributed by atoms with Gasteiger partial charge in [-0.1, -0.05) is 5.10 Å². The summed E-state index contributed by atoms with van der Waals surface area (Å²) in [6, 6.07) is 0. The van der Waals surface area contributed by atoms with Gasteiger partial charge in [0, 0.05) is 0 Å². The molecule has 0 bridgehead atoms. The Morgan fingerprint density at radius 1 is 1.91 bits per heavy atom. The lowest BCUT2D eigenvalue weighted by atomic mass is 10.2. The van der Waals surface area contributed by atoms with E-state index in [2.05, 4.69) is 10.2 Å². The number of H-pyrrole nitrogens is 1. The predicted octanol–water partition coefficient (Wildman–Crippen LogP) is 0.389. The lowest BCUT2D eigenvalue weighted by Crippen LogP contribution is -1.91. The van der Waals surface area contributed by atoms with Crippen LogP contribution in [0.3, 0.4) is 0 Å². The van der Waals surface area contributed by atoms with Crippen LogP contribution in [0.4, 0.5) is 5.82 Å². The molecule has 11 heavy (non-hydrogen) atoms. The molecule has 1 aromatic heterocycles. The second kappa shape index (κ2) is 2.03. The molecule has 1 aromatic rings. The number of aromatic amines is 1. The summed E-state index contributed by atoms with van der Waals surface area (Å²) >= 11 is 0. The number of nitrogens with zero attached hydrogens (tertiary/aromatic N) is 2. The Bertz CT molecular complexity index is 291. The molecule has 0 unspecified atom stereocenters. The van der Waals surface area contributed by atoms with E-state index in [9.17, 15) is 10.1 Å². The maximum Gasteiger partial charge on any atom is 0.348 e. The van der Waals surface area contributed by atoms with Crippen LogP contribution in [0, 0.1) is 10.1 Å². The molecule has 1 fully saturated rings. The molecule has 2 rings (SSSR count). The van der Waals surface area contributed by atoms with E-state index < -0.39 is 4.92 Å². The molecule has 2 heterocycles. The fraction of sp³-hybridized carbons (Fsp3) is 0.400. The molecule has 0 radical (unpaired) electrons. The van der Waals surface area contributed by atoms with E-state index in [0.717, 1.165) is 0 Å². The smallest absolute Gasteiger partial charge is 0.348 e.